The lowest BCUT2D eigenvalue weighted by Gasteiger charge is -2.10. The predicted octanol–water partition coefficient (Wildman–Crippen LogP) is 4.14. The number of methoxy groups -OCH3 is 3. The molecule has 0 spiro atoms. The summed E-state index contributed by atoms with van der Waals surface area (Å²) in [5.41, 5.74) is 4.26. The minimum Gasteiger partial charge on any atom is -0.496 e. The van der Waals surface area contributed by atoms with Crippen LogP contribution in [0.1, 0.15) is 11.3 Å². The van der Waals surface area contributed by atoms with Crippen molar-refractivity contribution in [3.8, 4) is 28.4 Å². The Kier molecular flexibility index (Phi) is 7.22. The van der Waals surface area contributed by atoms with Gasteiger partial charge in [0.1, 0.15) is 10.8 Å². The van der Waals surface area contributed by atoms with Crippen molar-refractivity contribution in [1.29, 1.82) is 0 Å². The summed E-state index contributed by atoms with van der Waals surface area (Å²) in [5, 5.41) is 8.33. The van der Waals surface area contributed by atoms with Gasteiger partial charge in [-0.05, 0) is 36.8 Å². The maximum Gasteiger partial charge on any atom is 0.230 e. The van der Waals surface area contributed by atoms with Crippen LogP contribution in [0.4, 0.5) is 0 Å². The highest BCUT2D eigenvalue weighted by molar-refractivity contribution is 7.99. The van der Waals surface area contributed by atoms with Crippen LogP contribution < -0.4 is 19.5 Å². The molecule has 0 atom stereocenters. The van der Waals surface area contributed by atoms with Crippen LogP contribution in [-0.4, -0.2) is 47.6 Å². The Morgan fingerprint density at radius 2 is 1.76 bits per heavy atom. The number of hydrogen-bond donors (Lipinski definition) is 1. The normalized spacial score (nSPS) is 10.8. The molecule has 0 saturated carbocycles. The SMILES string of the molecule is COc1ccccc1CNC(=O)CSc1cc(C)nc2c(-c3ccc(OC)c(OC)c3)cnn12. The Morgan fingerprint density at radius 3 is 2.53 bits per heavy atom. The molecule has 1 amide bonds. The molecule has 1 N–H and O–H groups in total. The Labute approximate surface area is 202 Å². The fourth-order valence-electron chi connectivity index (χ4n) is 3.59. The first kappa shape index (κ1) is 23.4. The lowest BCUT2D eigenvalue weighted by Crippen LogP contribution is -2.25. The van der Waals surface area contributed by atoms with E-state index in [4.69, 9.17) is 19.2 Å². The average molecular weight is 479 g/mol. The van der Waals surface area contributed by atoms with Gasteiger partial charge in [0.2, 0.25) is 5.91 Å². The van der Waals surface area contributed by atoms with E-state index < -0.39 is 0 Å². The number of carbonyl (C=O) groups is 1. The van der Waals surface area contributed by atoms with E-state index in [0.717, 1.165) is 33.2 Å². The standard InChI is InChI=1S/C25H26N4O4S/c1-16-11-24(34-15-23(30)26-13-18-7-5-6-8-20(18)31-2)29-25(28-16)19(14-27-29)17-9-10-21(32-3)22(12-17)33-4/h5-12,14H,13,15H2,1-4H3,(H,26,30). The topological polar surface area (TPSA) is 87.0 Å². The molecule has 0 bridgehead atoms. The fraction of sp³-hybridized carbons (Fsp3) is 0.240. The van der Waals surface area contributed by atoms with Crippen LogP contribution in [0.5, 0.6) is 17.2 Å². The van der Waals surface area contributed by atoms with Crippen molar-refractivity contribution < 1.29 is 19.0 Å². The first-order valence-electron chi connectivity index (χ1n) is 10.6. The molecule has 0 fully saturated rings. The summed E-state index contributed by atoms with van der Waals surface area (Å²) in [5.74, 6) is 2.21. The van der Waals surface area contributed by atoms with E-state index in [1.54, 1.807) is 32.0 Å². The monoisotopic (exact) mass is 478 g/mol. The molecule has 4 rings (SSSR count). The minimum atomic E-state index is -0.0780. The molecule has 0 saturated heterocycles. The van der Waals surface area contributed by atoms with Crippen LogP contribution in [-0.2, 0) is 11.3 Å². The van der Waals surface area contributed by atoms with Gasteiger partial charge in [-0.3, -0.25) is 4.79 Å². The number of amides is 1. The van der Waals surface area contributed by atoms with Crippen molar-refractivity contribution in [2.45, 2.75) is 18.5 Å². The second-order valence-electron chi connectivity index (χ2n) is 7.48. The summed E-state index contributed by atoms with van der Waals surface area (Å²) >= 11 is 1.41. The number of ether oxygens (including phenoxy) is 3. The van der Waals surface area contributed by atoms with Crippen molar-refractivity contribution >= 4 is 23.3 Å². The number of fused-ring (bicyclic) bond motifs is 1. The van der Waals surface area contributed by atoms with Gasteiger partial charge in [0.15, 0.2) is 17.1 Å². The molecule has 0 aliphatic rings. The van der Waals surface area contributed by atoms with E-state index >= 15 is 0 Å². The number of hydrogen-bond acceptors (Lipinski definition) is 7. The van der Waals surface area contributed by atoms with Gasteiger partial charge in [-0.25, -0.2) is 9.50 Å². The van der Waals surface area contributed by atoms with Gasteiger partial charge in [-0.15, -0.1) is 0 Å². The number of nitrogens with zero attached hydrogens (tertiary/aromatic N) is 3. The van der Waals surface area contributed by atoms with Crippen LogP contribution in [0.25, 0.3) is 16.8 Å². The highest BCUT2D eigenvalue weighted by Gasteiger charge is 2.15. The maximum atomic E-state index is 12.5. The smallest absolute Gasteiger partial charge is 0.230 e. The molecule has 176 valence electrons. The van der Waals surface area contributed by atoms with Gasteiger partial charge in [0, 0.05) is 23.4 Å². The summed E-state index contributed by atoms with van der Waals surface area (Å²) in [6.45, 7) is 2.33. The van der Waals surface area contributed by atoms with Gasteiger partial charge >= 0.3 is 0 Å². The van der Waals surface area contributed by atoms with Crippen molar-refractivity contribution in [2.24, 2.45) is 0 Å². The Morgan fingerprint density at radius 1 is 1.00 bits per heavy atom. The average Bonchev–Trinajstić information content (AvgIpc) is 3.29. The van der Waals surface area contributed by atoms with E-state index in [1.165, 1.54) is 11.8 Å². The quantitative estimate of drug-likeness (QED) is 0.286. The zero-order chi connectivity index (χ0) is 24.1. The number of rotatable bonds is 9. The second-order valence-corrected chi connectivity index (χ2v) is 8.47. The molecule has 0 unspecified atom stereocenters. The molecular formula is C25H26N4O4S. The van der Waals surface area contributed by atoms with E-state index in [9.17, 15) is 4.79 Å². The number of aromatic nitrogens is 3. The number of aryl methyl sites for hydroxylation is 1. The summed E-state index contributed by atoms with van der Waals surface area (Å²) in [6.07, 6.45) is 1.77. The van der Waals surface area contributed by atoms with E-state index in [0.29, 0.717) is 23.7 Å². The number of carbonyl (C=O) groups excluding carboxylic acids is 1. The van der Waals surface area contributed by atoms with Gasteiger partial charge in [-0.2, -0.15) is 5.10 Å². The second kappa shape index (κ2) is 10.5. The lowest BCUT2D eigenvalue weighted by molar-refractivity contribution is -0.118. The van der Waals surface area contributed by atoms with Crippen molar-refractivity contribution in [1.82, 2.24) is 19.9 Å². The third-order valence-electron chi connectivity index (χ3n) is 5.28. The predicted molar refractivity (Wildman–Crippen MR) is 132 cm³/mol. The zero-order valence-corrected chi connectivity index (χ0v) is 20.3. The van der Waals surface area contributed by atoms with Gasteiger partial charge in [-0.1, -0.05) is 36.0 Å². The molecular weight excluding hydrogens is 452 g/mol. The van der Waals surface area contributed by atoms with Crippen LogP contribution in [0, 0.1) is 6.92 Å². The molecule has 34 heavy (non-hydrogen) atoms. The molecule has 2 heterocycles. The largest absolute Gasteiger partial charge is 0.496 e. The van der Waals surface area contributed by atoms with Crippen molar-refractivity contribution in [3.05, 3.63) is 66.0 Å². The Bertz CT molecular complexity index is 1320. The van der Waals surface area contributed by atoms with Crippen LogP contribution in [0.2, 0.25) is 0 Å². The molecule has 0 aliphatic heterocycles. The highest BCUT2D eigenvalue weighted by atomic mass is 32.2. The van der Waals surface area contributed by atoms with Crippen LogP contribution >= 0.6 is 11.8 Å². The van der Waals surface area contributed by atoms with Crippen molar-refractivity contribution in [2.75, 3.05) is 27.1 Å². The third kappa shape index (κ3) is 4.94. The van der Waals surface area contributed by atoms with E-state index in [-0.39, 0.29) is 11.7 Å². The fourth-order valence-corrected chi connectivity index (χ4v) is 4.48. The van der Waals surface area contributed by atoms with Gasteiger partial charge < -0.3 is 19.5 Å². The third-order valence-corrected chi connectivity index (χ3v) is 6.27. The van der Waals surface area contributed by atoms with Gasteiger partial charge in [0.05, 0.1) is 33.3 Å². The number of thioether (sulfide) groups is 1. The molecule has 8 nitrogen and oxygen atoms in total. The van der Waals surface area contributed by atoms with Gasteiger partial charge in [0.25, 0.3) is 0 Å². The molecule has 0 radical (unpaired) electrons. The zero-order valence-electron chi connectivity index (χ0n) is 19.5. The Balaban J connectivity index is 1.52. The summed E-state index contributed by atoms with van der Waals surface area (Å²) < 4.78 is 17.9. The molecule has 4 aromatic rings. The molecule has 2 aromatic heterocycles. The van der Waals surface area contributed by atoms with Crippen LogP contribution in [0.3, 0.4) is 0 Å². The van der Waals surface area contributed by atoms with E-state index in [1.807, 2.05) is 55.5 Å². The number of nitrogens with one attached hydrogen (secondary N) is 1. The number of benzene rings is 2. The Hall–Kier alpha value is -3.72. The summed E-state index contributed by atoms with van der Waals surface area (Å²) in [7, 11) is 4.83. The first-order chi connectivity index (χ1) is 16.5. The van der Waals surface area contributed by atoms with Crippen molar-refractivity contribution in [3.63, 3.8) is 0 Å². The molecule has 9 heteroatoms. The molecule has 0 aliphatic carbocycles. The molecule has 2 aromatic carbocycles. The summed E-state index contributed by atoms with van der Waals surface area (Å²) in [4.78, 5) is 17.2. The highest BCUT2D eigenvalue weighted by Crippen LogP contribution is 2.34. The minimum absolute atomic E-state index is 0.0780. The number of para-hydroxylation sites is 1. The van der Waals surface area contributed by atoms with E-state index in [2.05, 4.69) is 10.4 Å². The maximum absolute atomic E-state index is 12.5. The first-order valence-corrected chi connectivity index (χ1v) is 11.6. The van der Waals surface area contributed by atoms with Crippen LogP contribution in [0.15, 0.2) is 59.8 Å². The summed E-state index contributed by atoms with van der Waals surface area (Å²) in [6, 6.07) is 15.3. The lowest BCUT2D eigenvalue weighted by atomic mass is 10.1.